The third-order valence-electron chi connectivity index (χ3n) is 3.63. The van der Waals surface area contributed by atoms with Crippen LogP contribution in [0, 0.1) is 6.92 Å². The van der Waals surface area contributed by atoms with Crippen molar-refractivity contribution in [1.29, 1.82) is 0 Å². The molecule has 0 amide bonds. The van der Waals surface area contributed by atoms with Gasteiger partial charge in [0.25, 0.3) is 0 Å². The zero-order chi connectivity index (χ0) is 16.1. The molecule has 1 N–H and O–H groups in total. The molecule has 118 valence electrons. The van der Waals surface area contributed by atoms with Gasteiger partial charge in [0.05, 0.1) is 14.2 Å². The van der Waals surface area contributed by atoms with E-state index in [4.69, 9.17) is 9.47 Å². The number of anilines is 2. The van der Waals surface area contributed by atoms with Gasteiger partial charge in [0.1, 0.15) is 5.82 Å². The molecule has 0 radical (unpaired) electrons. The molecule has 0 spiro atoms. The van der Waals surface area contributed by atoms with E-state index in [-0.39, 0.29) is 0 Å². The molecular formula is C17H23N3O2. The summed E-state index contributed by atoms with van der Waals surface area (Å²) in [6, 6.07) is 7.97. The summed E-state index contributed by atoms with van der Waals surface area (Å²) in [5.74, 6) is 2.37. The highest BCUT2D eigenvalue weighted by Gasteiger charge is 2.11. The van der Waals surface area contributed by atoms with Crippen LogP contribution < -0.4 is 19.7 Å². The number of nitrogens with zero attached hydrogens (tertiary/aromatic N) is 2. The molecule has 0 aliphatic rings. The van der Waals surface area contributed by atoms with Gasteiger partial charge in [0, 0.05) is 38.6 Å². The SMILES string of the molecule is COc1ccc(CNc2cc(N(C)C)ccn2)c(C)c1OC. The van der Waals surface area contributed by atoms with Crippen molar-refractivity contribution in [1.82, 2.24) is 4.98 Å². The van der Waals surface area contributed by atoms with Crippen LogP contribution in [0.5, 0.6) is 11.5 Å². The van der Waals surface area contributed by atoms with E-state index >= 15 is 0 Å². The monoisotopic (exact) mass is 301 g/mol. The fourth-order valence-corrected chi connectivity index (χ4v) is 2.29. The van der Waals surface area contributed by atoms with Gasteiger partial charge in [-0.3, -0.25) is 0 Å². The number of hydrogen-bond donors (Lipinski definition) is 1. The number of ether oxygens (including phenoxy) is 2. The highest BCUT2D eigenvalue weighted by molar-refractivity contribution is 5.54. The number of rotatable bonds is 6. The van der Waals surface area contributed by atoms with Crippen molar-refractivity contribution in [2.24, 2.45) is 0 Å². The minimum Gasteiger partial charge on any atom is -0.493 e. The zero-order valence-corrected chi connectivity index (χ0v) is 13.8. The topological polar surface area (TPSA) is 46.6 Å². The van der Waals surface area contributed by atoms with Gasteiger partial charge in [-0.05, 0) is 30.2 Å². The summed E-state index contributed by atoms with van der Waals surface area (Å²) in [4.78, 5) is 6.40. The summed E-state index contributed by atoms with van der Waals surface area (Å²) in [6.07, 6.45) is 1.80. The maximum atomic E-state index is 5.44. The number of benzene rings is 1. The molecule has 0 saturated heterocycles. The molecule has 1 aromatic heterocycles. The molecule has 0 aliphatic heterocycles. The highest BCUT2D eigenvalue weighted by atomic mass is 16.5. The molecule has 0 unspecified atom stereocenters. The lowest BCUT2D eigenvalue weighted by molar-refractivity contribution is 0.352. The number of pyridine rings is 1. The second-order valence-corrected chi connectivity index (χ2v) is 5.23. The molecular weight excluding hydrogens is 278 g/mol. The second-order valence-electron chi connectivity index (χ2n) is 5.23. The average molecular weight is 301 g/mol. The summed E-state index contributed by atoms with van der Waals surface area (Å²) in [6.45, 7) is 2.71. The van der Waals surface area contributed by atoms with Crippen molar-refractivity contribution in [3.05, 3.63) is 41.6 Å². The normalized spacial score (nSPS) is 10.2. The van der Waals surface area contributed by atoms with Gasteiger partial charge < -0.3 is 19.7 Å². The number of hydrogen-bond acceptors (Lipinski definition) is 5. The van der Waals surface area contributed by atoms with Gasteiger partial charge in [0.15, 0.2) is 11.5 Å². The average Bonchev–Trinajstić information content (AvgIpc) is 2.53. The Balaban J connectivity index is 2.16. The Kier molecular flexibility index (Phi) is 5.09. The molecule has 0 atom stereocenters. The van der Waals surface area contributed by atoms with Crippen molar-refractivity contribution < 1.29 is 9.47 Å². The Labute approximate surface area is 131 Å². The quantitative estimate of drug-likeness (QED) is 0.888. The Morgan fingerprint density at radius 3 is 2.55 bits per heavy atom. The van der Waals surface area contributed by atoms with E-state index in [9.17, 15) is 0 Å². The van der Waals surface area contributed by atoms with Crippen LogP contribution in [0.2, 0.25) is 0 Å². The largest absolute Gasteiger partial charge is 0.493 e. The van der Waals surface area contributed by atoms with Crippen molar-refractivity contribution >= 4 is 11.5 Å². The van der Waals surface area contributed by atoms with Crippen LogP contribution in [0.4, 0.5) is 11.5 Å². The summed E-state index contributed by atoms with van der Waals surface area (Å²) in [5.41, 5.74) is 3.33. The van der Waals surface area contributed by atoms with E-state index in [1.165, 1.54) is 0 Å². The van der Waals surface area contributed by atoms with Crippen molar-refractivity contribution in [2.45, 2.75) is 13.5 Å². The first-order valence-corrected chi connectivity index (χ1v) is 7.14. The Hall–Kier alpha value is -2.43. The third-order valence-corrected chi connectivity index (χ3v) is 3.63. The lowest BCUT2D eigenvalue weighted by Crippen LogP contribution is -2.10. The lowest BCUT2D eigenvalue weighted by atomic mass is 10.1. The summed E-state index contributed by atoms with van der Waals surface area (Å²) < 4.78 is 10.7. The molecule has 1 heterocycles. The first-order chi connectivity index (χ1) is 10.6. The fraction of sp³-hybridized carbons (Fsp3) is 0.353. The number of aromatic nitrogens is 1. The van der Waals surface area contributed by atoms with Crippen molar-refractivity contribution in [2.75, 3.05) is 38.5 Å². The molecule has 2 aromatic rings. The van der Waals surface area contributed by atoms with Crippen LogP contribution in [-0.2, 0) is 6.54 Å². The molecule has 0 bridgehead atoms. The van der Waals surface area contributed by atoms with E-state index in [1.807, 2.05) is 45.3 Å². The maximum Gasteiger partial charge on any atom is 0.163 e. The Morgan fingerprint density at radius 1 is 1.14 bits per heavy atom. The van der Waals surface area contributed by atoms with E-state index in [2.05, 4.69) is 15.2 Å². The van der Waals surface area contributed by atoms with Crippen LogP contribution in [0.1, 0.15) is 11.1 Å². The molecule has 5 heteroatoms. The van der Waals surface area contributed by atoms with Gasteiger partial charge >= 0.3 is 0 Å². The van der Waals surface area contributed by atoms with E-state index in [0.29, 0.717) is 6.54 Å². The molecule has 5 nitrogen and oxygen atoms in total. The highest BCUT2D eigenvalue weighted by Crippen LogP contribution is 2.33. The Morgan fingerprint density at radius 2 is 1.91 bits per heavy atom. The summed E-state index contributed by atoms with van der Waals surface area (Å²) in [7, 11) is 7.32. The van der Waals surface area contributed by atoms with Gasteiger partial charge in [-0.15, -0.1) is 0 Å². The first-order valence-electron chi connectivity index (χ1n) is 7.14. The van der Waals surface area contributed by atoms with E-state index < -0.39 is 0 Å². The summed E-state index contributed by atoms with van der Waals surface area (Å²) >= 11 is 0. The zero-order valence-electron chi connectivity index (χ0n) is 13.8. The number of nitrogens with one attached hydrogen (secondary N) is 1. The van der Waals surface area contributed by atoms with Crippen molar-refractivity contribution in [3.63, 3.8) is 0 Å². The van der Waals surface area contributed by atoms with Crippen LogP contribution in [0.3, 0.4) is 0 Å². The van der Waals surface area contributed by atoms with Crippen LogP contribution in [0.25, 0.3) is 0 Å². The second kappa shape index (κ2) is 7.02. The molecule has 2 rings (SSSR count). The van der Waals surface area contributed by atoms with Crippen LogP contribution in [-0.4, -0.2) is 33.3 Å². The molecule has 0 saturated carbocycles. The number of methoxy groups -OCH3 is 2. The predicted molar refractivity (Wildman–Crippen MR) is 90.2 cm³/mol. The third kappa shape index (κ3) is 3.42. The van der Waals surface area contributed by atoms with Gasteiger partial charge in [-0.2, -0.15) is 0 Å². The standard InChI is InChI=1S/C17H23N3O2/c1-12-13(6-7-15(21-4)17(12)22-5)11-19-16-10-14(20(2)3)8-9-18-16/h6-10H,11H2,1-5H3,(H,18,19). The minimum absolute atomic E-state index is 0.677. The Bertz CT molecular complexity index is 642. The predicted octanol–water partition coefficient (Wildman–Crippen LogP) is 3.09. The van der Waals surface area contributed by atoms with Gasteiger partial charge in [0.2, 0.25) is 0 Å². The molecule has 1 aromatic carbocycles. The van der Waals surface area contributed by atoms with Gasteiger partial charge in [-0.25, -0.2) is 4.98 Å². The van der Waals surface area contributed by atoms with Crippen molar-refractivity contribution in [3.8, 4) is 11.5 Å². The lowest BCUT2D eigenvalue weighted by Gasteiger charge is -2.16. The smallest absolute Gasteiger partial charge is 0.163 e. The molecule has 22 heavy (non-hydrogen) atoms. The van der Waals surface area contributed by atoms with E-state index in [0.717, 1.165) is 34.1 Å². The maximum absolute atomic E-state index is 5.44. The summed E-state index contributed by atoms with van der Waals surface area (Å²) in [5, 5.41) is 3.35. The van der Waals surface area contributed by atoms with E-state index in [1.54, 1.807) is 20.4 Å². The van der Waals surface area contributed by atoms with Crippen LogP contribution >= 0.6 is 0 Å². The first kappa shape index (κ1) is 15.9. The van der Waals surface area contributed by atoms with Gasteiger partial charge in [-0.1, -0.05) is 6.07 Å². The molecule has 0 fully saturated rings. The molecule has 0 aliphatic carbocycles. The minimum atomic E-state index is 0.677. The van der Waals surface area contributed by atoms with Crippen LogP contribution in [0.15, 0.2) is 30.5 Å². The fourth-order valence-electron chi connectivity index (χ4n) is 2.29.